The van der Waals surface area contributed by atoms with Gasteiger partial charge in [-0.2, -0.15) is 0 Å². The lowest BCUT2D eigenvalue weighted by atomic mass is 9.92. The zero-order valence-electron chi connectivity index (χ0n) is 11.7. The Labute approximate surface area is 115 Å². The van der Waals surface area contributed by atoms with Crippen LogP contribution >= 0.6 is 0 Å². The highest BCUT2D eigenvalue weighted by Gasteiger charge is 2.21. The molecule has 0 aliphatic rings. The molecule has 0 fully saturated rings. The van der Waals surface area contributed by atoms with Crippen LogP contribution in [0.25, 0.3) is 0 Å². The van der Waals surface area contributed by atoms with Crippen LogP contribution in [0.1, 0.15) is 31.7 Å². The minimum Gasteiger partial charge on any atom is -0.396 e. The van der Waals surface area contributed by atoms with E-state index in [1.165, 1.54) is 12.1 Å². The summed E-state index contributed by atoms with van der Waals surface area (Å²) in [7, 11) is 0. The average molecular weight is 268 g/mol. The summed E-state index contributed by atoms with van der Waals surface area (Å²) in [5.74, 6) is -0.213. The van der Waals surface area contributed by atoms with Crippen LogP contribution in [0.15, 0.2) is 24.3 Å². The zero-order chi connectivity index (χ0) is 14.1. The van der Waals surface area contributed by atoms with Gasteiger partial charge >= 0.3 is 0 Å². The third kappa shape index (κ3) is 6.14. The van der Waals surface area contributed by atoms with Crippen molar-refractivity contribution >= 4 is 0 Å². The van der Waals surface area contributed by atoms with E-state index in [0.29, 0.717) is 6.54 Å². The average Bonchev–Trinajstić information content (AvgIpc) is 2.41. The van der Waals surface area contributed by atoms with Crippen molar-refractivity contribution in [1.82, 2.24) is 5.32 Å². The van der Waals surface area contributed by atoms with Crippen molar-refractivity contribution in [1.29, 1.82) is 0 Å². The summed E-state index contributed by atoms with van der Waals surface area (Å²) in [5.41, 5.74) is 6.76. The smallest absolute Gasteiger partial charge is 0.123 e. The Morgan fingerprint density at radius 3 is 2.47 bits per heavy atom. The van der Waals surface area contributed by atoms with Gasteiger partial charge in [0.05, 0.1) is 0 Å². The van der Waals surface area contributed by atoms with Crippen LogP contribution < -0.4 is 11.1 Å². The van der Waals surface area contributed by atoms with Gasteiger partial charge in [-0.3, -0.25) is 0 Å². The molecule has 4 heteroatoms. The largest absolute Gasteiger partial charge is 0.396 e. The maximum atomic E-state index is 12.9. The second-order valence-corrected chi connectivity index (χ2v) is 5.28. The van der Waals surface area contributed by atoms with Crippen molar-refractivity contribution in [3.8, 4) is 0 Å². The summed E-state index contributed by atoms with van der Waals surface area (Å²) in [6.07, 6.45) is 3.67. The molecule has 19 heavy (non-hydrogen) atoms. The predicted octanol–water partition coefficient (Wildman–Crippen LogP) is 1.84. The molecular weight excluding hydrogens is 243 g/mol. The van der Waals surface area contributed by atoms with Crippen LogP contribution in [0, 0.1) is 5.82 Å². The first-order valence-electron chi connectivity index (χ1n) is 6.90. The van der Waals surface area contributed by atoms with Crippen molar-refractivity contribution in [2.24, 2.45) is 5.73 Å². The maximum Gasteiger partial charge on any atom is 0.123 e. The molecule has 1 rings (SSSR count). The van der Waals surface area contributed by atoms with Crippen LogP contribution in [0.2, 0.25) is 0 Å². The molecule has 0 aliphatic carbocycles. The molecule has 0 aliphatic heterocycles. The van der Waals surface area contributed by atoms with Crippen molar-refractivity contribution in [3.05, 3.63) is 35.6 Å². The topological polar surface area (TPSA) is 58.3 Å². The van der Waals surface area contributed by atoms with Gasteiger partial charge in [-0.25, -0.2) is 4.39 Å². The number of hydrogen-bond donors (Lipinski definition) is 3. The number of hydrogen-bond acceptors (Lipinski definition) is 3. The predicted molar refractivity (Wildman–Crippen MR) is 76.5 cm³/mol. The van der Waals surface area contributed by atoms with Crippen molar-refractivity contribution in [2.45, 2.75) is 38.1 Å². The molecule has 0 amide bonds. The van der Waals surface area contributed by atoms with E-state index in [-0.39, 0.29) is 18.0 Å². The van der Waals surface area contributed by atoms with Gasteiger partial charge < -0.3 is 16.2 Å². The molecule has 0 radical (unpaired) electrons. The molecule has 0 saturated carbocycles. The maximum absolute atomic E-state index is 12.9. The summed E-state index contributed by atoms with van der Waals surface area (Å²) in [6, 6.07) is 6.56. The highest BCUT2D eigenvalue weighted by Crippen LogP contribution is 2.13. The molecule has 4 N–H and O–H groups in total. The number of rotatable bonds is 9. The van der Waals surface area contributed by atoms with Gasteiger partial charge in [0.1, 0.15) is 5.82 Å². The standard InChI is InChI=1S/C15H25FN2O/c1-15(12-17,18-9-3-2-4-10-19)11-13-5-7-14(16)8-6-13/h5-8,18-19H,2-4,9-12,17H2,1H3. The number of nitrogens with one attached hydrogen (secondary N) is 1. The summed E-state index contributed by atoms with van der Waals surface area (Å²) in [6.45, 7) is 3.76. The summed E-state index contributed by atoms with van der Waals surface area (Å²) >= 11 is 0. The van der Waals surface area contributed by atoms with Gasteiger partial charge in [-0.1, -0.05) is 12.1 Å². The number of halogens is 1. The summed E-state index contributed by atoms with van der Waals surface area (Å²) < 4.78 is 12.9. The number of nitrogens with two attached hydrogens (primary N) is 1. The first kappa shape index (κ1) is 16.1. The van der Waals surface area contributed by atoms with Gasteiger partial charge in [0.2, 0.25) is 0 Å². The lowest BCUT2D eigenvalue weighted by Gasteiger charge is -2.30. The lowest BCUT2D eigenvalue weighted by Crippen LogP contribution is -2.50. The fourth-order valence-electron chi connectivity index (χ4n) is 2.06. The van der Waals surface area contributed by atoms with E-state index in [1.54, 1.807) is 12.1 Å². The monoisotopic (exact) mass is 268 g/mol. The van der Waals surface area contributed by atoms with Gasteiger partial charge in [0.25, 0.3) is 0 Å². The van der Waals surface area contributed by atoms with E-state index < -0.39 is 0 Å². The quantitative estimate of drug-likeness (QED) is 0.599. The molecule has 0 aromatic heterocycles. The van der Waals surface area contributed by atoms with Crippen LogP contribution in [0.5, 0.6) is 0 Å². The number of benzene rings is 1. The Morgan fingerprint density at radius 1 is 1.21 bits per heavy atom. The normalized spacial score (nSPS) is 14.3. The van der Waals surface area contributed by atoms with Crippen LogP contribution in [0.4, 0.5) is 4.39 Å². The molecule has 0 saturated heterocycles. The molecule has 1 aromatic carbocycles. The second-order valence-electron chi connectivity index (χ2n) is 5.28. The van der Waals surface area contributed by atoms with Crippen LogP contribution in [0.3, 0.4) is 0 Å². The van der Waals surface area contributed by atoms with Crippen molar-refractivity contribution in [2.75, 3.05) is 19.7 Å². The molecule has 0 spiro atoms. The third-order valence-corrected chi connectivity index (χ3v) is 3.34. The van der Waals surface area contributed by atoms with Crippen molar-refractivity contribution < 1.29 is 9.50 Å². The fraction of sp³-hybridized carbons (Fsp3) is 0.600. The minimum atomic E-state index is -0.213. The zero-order valence-corrected chi connectivity index (χ0v) is 11.7. The molecule has 1 aromatic rings. The van der Waals surface area contributed by atoms with Crippen LogP contribution in [-0.2, 0) is 6.42 Å². The first-order valence-corrected chi connectivity index (χ1v) is 6.90. The van der Waals surface area contributed by atoms with E-state index in [0.717, 1.165) is 37.8 Å². The highest BCUT2D eigenvalue weighted by molar-refractivity contribution is 5.18. The van der Waals surface area contributed by atoms with E-state index in [9.17, 15) is 4.39 Å². The Kier molecular flexibility index (Phi) is 6.99. The van der Waals surface area contributed by atoms with Gasteiger partial charge in [-0.05, 0) is 56.8 Å². The van der Waals surface area contributed by atoms with Gasteiger partial charge in [0.15, 0.2) is 0 Å². The van der Waals surface area contributed by atoms with Gasteiger partial charge in [-0.15, -0.1) is 0 Å². The first-order chi connectivity index (χ1) is 9.09. The van der Waals surface area contributed by atoms with E-state index in [1.807, 2.05) is 0 Å². The molecule has 1 unspecified atom stereocenters. The highest BCUT2D eigenvalue weighted by atomic mass is 19.1. The molecule has 108 valence electrons. The van der Waals surface area contributed by atoms with Crippen LogP contribution in [-0.4, -0.2) is 30.3 Å². The van der Waals surface area contributed by atoms with E-state index in [4.69, 9.17) is 10.8 Å². The Hall–Kier alpha value is -0.970. The fourth-order valence-corrected chi connectivity index (χ4v) is 2.06. The second kappa shape index (κ2) is 8.25. The summed E-state index contributed by atoms with van der Waals surface area (Å²) in [4.78, 5) is 0. The Morgan fingerprint density at radius 2 is 1.89 bits per heavy atom. The number of aliphatic hydroxyl groups is 1. The van der Waals surface area contributed by atoms with E-state index >= 15 is 0 Å². The number of unbranched alkanes of at least 4 members (excludes halogenated alkanes) is 2. The minimum absolute atomic E-state index is 0.170. The molecule has 1 atom stereocenters. The Bertz CT molecular complexity index is 356. The van der Waals surface area contributed by atoms with Crippen molar-refractivity contribution in [3.63, 3.8) is 0 Å². The molecule has 0 heterocycles. The molecule has 0 bridgehead atoms. The number of aliphatic hydroxyl groups excluding tert-OH is 1. The third-order valence-electron chi connectivity index (χ3n) is 3.34. The SMILES string of the molecule is CC(CN)(Cc1ccc(F)cc1)NCCCCCO. The Balaban J connectivity index is 2.43. The molecule has 3 nitrogen and oxygen atoms in total. The summed E-state index contributed by atoms with van der Waals surface area (Å²) in [5, 5.41) is 12.2. The lowest BCUT2D eigenvalue weighted by molar-refractivity contribution is 0.280. The van der Waals surface area contributed by atoms with Gasteiger partial charge in [0, 0.05) is 18.7 Å². The molecular formula is C15H25FN2O. The van der Waals surface area contributed by atoms with E-state index in [2.05, 4.69) is 12.2 Å².